The van der Waals surface area contributed by atoms with Gasteiger partial charge in [0.25, 0.3) is 0 Å². The highest BCUT2D eigenvalue weighted by molar-refractivity contribution is 6.05. The minimum atomic E-state index is -0.265. The lowest BCUT2D eigenvalue weighted by atomic mass is 10.1. The molecule has 2 aromatic rings. The van der Waals surface area contributed by atoms with Gasteiger partial charge < -0.3 is 15.9 Å². The predicted octanol–water partition coefficient (Wildman–Crippen LogP) is 3.90. The Bertz CT molecular complexity index is 1290. The standard InChI is InChI=1S/C27H28BN7O/c1-29-16-15-22(30-18-25(33-28)20-11-12-20)13-14-26(36)32-23-8-6-7-21(17-23)27-34-31-19-35(27)24-9-4-2-3-5-10-24/h2-4,6-10,13-20,30,33H,5,11-12H2,1H3,(H,32,36)/b14-13+,22-15+,25-18-,29-16?. The molecule has 1 heterocycles. The van der Waals surface area contributed by atoms with Gasteiger partial charge in [-0.2, -0.15) is 0 Å². The largest absolute Gasteiger partial charge is 0.439 e. The van der Waals surface area contributed by atoms with Crippen molar-refractivity contribution >= 4 is 31.5 Å². The fraction of sp³-hybridized carbons (Fsp3) is 0.185. The molecule has 2 radical (unpaired) electrons. The molecule has 1 fully saturated rings. The van der Waals surface area contributed by atoms with E-state index in [1.807, 2.05) is 53.3 Å². The van der Waals surface area contributed by atoms with Crippen LogP contribution in [0.25, 0.3) is 17.1 Å². The number of aromatic nitrogens is 3. The van der Waals surface area contributed by atoms with Crippen LogP contribution in [0.5, 0.6) is 0 Å². The maximum atomic E-state index is 12.7. The van der Waals surface area contributed by atoms with Gasteiger partial charge in [0, 0.05) is 53.9 Å². The molecule has 3 N–H and O–H groups in total. The van der Waals surface area contributed by atoms with E-state index in [-0.39, 0.29) is 5.91 Å². The number of rotatable bonds is 10. The van der Waals surface area contributed by atoms with Gasteiger partial charge in [0.05, 0.1) is 0 Å². The van der Waals surface area contributed by atoms with Crippen LogP contribution in [0.2, 0.25) is 0 Å². The first-order chi connectivity index (χ1) is 17.7. The lowest BCUT2D eigenvalue weighted by Crippen LogP contribution is -2.15. The molecule has 36 heavy (non-hydrogen) atoms. The second kappa shape index (κ2) is 12.3. The monoisotopic (exact) mass is 477 g/mol. The molecule has 9 heteroatoms. The molecule has 0 saturated heterocycles. The minimum Gasteiger partial charge on any atom is -0.439 e. The molecule has 180 valence electrons. The number of hydrogen-bond donors (Lipinski definition) is 3. The van der Waals surface area contributed by atoms with Crippen LogP contribution >= 0.6 is 0 Å². The molecule has 1 saturated carbocycles. The summed E-state index contributed by atoms with van der Waals surface area (Å²) in [6.45, 7) is 0. The van der Waals surface area contributed by atoms with Crippen LogP contribution in [0, 0.1) is 5.92 Å². The number of carbonyl (C=O) groups excluding carboxylic acids is 1. The van der Waals surface area contributed by atoms with Crippen molar-refractivity contribution in [1.29, 1.82) is 0 Å². The zero-order valence-electron chi connectivity index (χ0n) is 20.1. The number of anilines is 1. The lowest BCUT2D eigenvalue weighted by molar-refractivity contribution is -0.111. The van der Waals surface area contributed by atoms with Crippen molar-refractivity contribution in [3.8, 4) is 11.4 Å². The maximum absolute atomic E-state index is 12.7. The van der Waals surface area contributed by atoms with Gasteiger partial charge in [0.1, 0.15) is 6.33 Å². The molecule has 2 aliphatic rings. The summed E-state index contributed by atoms with van der Waals surface area (Å²) in [5.41, 5.74) is 4.12. The summed E-state index contributed by atoms with van der Waals surface area (Å²) in [7, 11) is 7.29. The molecule has 8 nitrogen and oxygen atoms in total. The van der Waals surface area contributed by atoms with Gasteiger partial charge in [0.15, 0.2) is 5.82 Å². The first-order valence-corrected chi connectivity index (χ1v) is 11.8. The first-order valence-electron chi connectivity index (χ1n) is 11.8. The average Bonchev–Trinajstić information content (AvgIpc) is 3.67. The Morgan fingerprint density at radius 1 is 1.25 bits per heavy atom. The topological polar surface area (TPSA) is 96.2 Å². The Kier molecular flexibility index (Phi) is 8.48. The van der Waals surface area contributed by atoms with Crippen molar-refractivity contribution in [2.45, 2.75) is 19.3 Å². The highest BCUT2D eigenvalue weighted by Crippen LogP contribution is 2.34. The van der Waals surface area contributed by atoms with Crippen LogP contribution in [0.1, 0.15) is 19.3 Å². The van der Waals surface area contributed by atoms with Crippen molar-refractivity contribution in [2.24, 2.45) is 10.9 Å². The number of hydrogen-bond acceptors (Lipinski definition) is 6. The second-order valence-electron chi connectivity index (χ2n) is 8.27. The van der Waals surface area contributed by atoms with Gasteiger partial charge in [-0.15, -0.1) is 10.2 Å². The SMILES string of the molecule is [B]N/C(=C\NC(/C=C/C(=O)Nc1cccc(-c2nncn2C2=CCC=CC=C2)c1)=C/C=NC)C1CC1. The van der Waals surface area contributed by atoms with E-state index >= 15 is 0 Å². The fourth-order valence-corrected chi connectivity index (χ4v) is 3.59. The quantitative estimate of drug-likeness (QED) is 0.209. The highest BCUT2D eigenvalue weighted by atomic mass is 16.1. The molecule has 0 aliphatic heterocycles. The molecule has 2 aliphatic carbocycles. The third-order valence-corrected chi connectivity index (χ3v) is 5.59. The van der Waals surface area contributed by atoms with Crippen LogP contribution in [-0.4, -0.2) is 41.9 Å². The number of aliphatic imine (C=N–C) groups is 1. The van der Waals surface area contributed by atoms with Crippen LogP contribution in [0.3, 0.4) is 0 Å². The molecular formula is C27H28BN7O. The number of nitrogens with one attached hydrogen (secondary N) is 3. The summed E-state index contributed by atoms with van der Waals surface area (Å²) in [6, 6.07) is 7.53. The number of benzene rings is 1. The summed E-state index contributed by atoms with van der Waals surface area (Å²) < 4.78 is 1.93. The normalized spacial score (nSPS) is 16.3. The smallest absolute Gasteiger partial charge is 0.248 e. The summed E-state index contributed by atoms with van der Waals surface area (Å²) in [6.07, 6.45) is 23.4. The van der Waals surface area contributed by atoms with E-state index in [0.29, 0.717) is 23.1 Å². The Hall–Kier alpha value is -4.40. The van der Waals surface area contributed by atoms with E-state index in [2.05, 4.69) is 43.2 Å². The van der Waals surface area contributed by atoms with Crippen molar-refractivity contribution in [1.82, 2.24) is 25.3 Å². The molecule has 1 amide bonds. The number of amides is 1. The van der Waals surface area contributed by atoms with Crippen LogP contribution in [-0.2, 0) is 4.79 Å². The summed E-state index contributed by atoms with van der Waals surface area (Å²) in [5.74, 6) is 0.888. The first kappa shape index (κ1) is 24.7. The third kappa shape index (κ3) is 6.82. The van der Waals surface area contributed by atoms with Gasteiger partial charge in [-0.25, -0.2) is 0 Å². The summed E-state index contributed by atoms with van der Waals surface area (Å²) >= 11 is 0. The Labute approximate surface area is 212 Å². The van der Waals surface area contributed by atoms with E-state index < -0.39 is 0 Å². The number of nitrogens with zero attached hydrogens (tertiary/aromatic N) is 4. The van der Waals surface area contributed by atoms with Crippen LogP contribution in [0.15, 0.2) is 102 Å². The molecule has 0 bridgehead atoms. The van der Waals surface area contributed by atoms with Gasteiger partial charge in [-0.1, -0.05) is 36.4 Å². The van der Waals surface area contributed by atoms with Crippen molar-refractivity contribution in [3.63, 3.8) is 0 Å². The van der Waals surface area contributed by atoms with Gasteiger partial charge in [-0.05, 0) is 55.5 Å². The number of carbonyl (C=O) groups is 1. The molecule has 0 atom stereocenters. The van der Waals surface area contributed by atoms with Gasteiger partial charge in [-0.3, -0.25) is 14.4 Å². The van der Waals surface area contributed by atoms with Crippen LogP contribution < -0.4 is 15.9 Å². The molecule has 4 rings (SSSR count). The lowest BCUT2D eigenvalue weighted by Gasteiger charge is -2.09. The van der Waals surface area contributed by atoms with Gasteiger partial charge in [0.2, 0.25) is 13.9 Å². The summed E-state index contributed by atoms with van der Waals surface area (Å²) in [5, 5.41) is 17.2. The average molecular weight is 477 g/mol. The van der Waals surface area contributed by atoms with E-state index in [9.17, 15) is 4.79 Å². The second-order valence-corrected chi connectivity index (χ2v) is 8.27. The molecular weight excluding hydrogens is 449 g/mol. The molecule has 0 spiro atoms. The third-order valence-electron chi connectivity index (χ3n) is 5.59. The predicted molar refractivity (Wildman–Crippen MR) is 146 cm³/mol. The van der Waals surface area contributed by atoms with E-state index in [1.54, 1.807) is 31.7 Å². The zero-order valence-corrected chi connectivity index (χ0v) is 20.1. The fourth-order valence-electron chi connectivity index (χ4n) is 3.59. The van der Waals surface area contributed by atoms with E-state index in [0.717, 1.165) is 36.2 Å². The van der Waals surface area contributed by atoms with E-state index in [4.69, 9.17) is 7.98 Å². The zero-order chi connectivity index (χ0) is 25.2. The Morgan fingerprint density at radius 2 is 2.14 bits per heavy atom. The highest BCUT2D eigenvalue weighted by Gasteiger charge is 2.24. The van der Waals surface area contributed by atoms with Crippen molar-refractivity contribution < 1.29 is 4.79 Å². The Morgan fingerprint density at radius 3 is 2.94 bits per heavy atom. The van der Waals surface area contributed by atoms with E-state index in [1.165, 1.54) is 6.08 Å². The Balaban J connectivity index is 1.45. The molecule has 1 aromatic heterocycles. The van der Waals surface area contributed by atoms with Crippen molar-refractivity contribution in [2.75, 3.05) is 12.4 Å². The van der Waals surface area contributed by atoms with Gasteiger partial charge >= 0.3 is 0 Å². The minimum absolute atomic E-state index is 0.265. The van der Waals surface area contributed by atoms with Crippen molar-refractivity contribution in [3.05, 3.63) is 96.8 Å². The number of allylic oxidation sites excluding steroid dienone is 9. The summed E-state index contributed by atoms with van der Waals surface area (Å²) in [4.78, 5) is 16.6. The maximum Gasteiger partial charge on any atom is 0.248 e. The van der Waals surface area contributed by atoms with Crippen LogP contribution in [0.4, 0.5) is 5.69 Å². The molecule has 1 aromatic carbocycles. The molecule has 0 unspecified atom stereocenters.